The Kier molecular flexibility index (Phi) is 6.63. The Balaban J connectivity index is 1.96. The molecule has 0 saturated heterocycles. The number of hydrogen-bond donors (Lipinski definition) is 1. The molecule has 0 aliphatic heterocycles. The molecule has 0 aliphatic carbocycles. The zero-order chi connectivity index (χ0) is 19.2. The van der Waals surface area contributed by atoms with Gasteiger partial charge in [-0.3, -0.25) is 4.79 Å². The number of nitrogens with one attached hydrogen (secondary N) is 1. The van der Waals surface area contributed by atoms with Gasteiger partial charge in [0.15, 0.2) is 9.84 Å². The lowest BCUT2D eigenvalue weighted by atomic mass is 10.2. The van der Waals surface area contributed by atoms with E-state index in [9.17, 15) is 13.2 Å². The number of carbonyl (C=O) groups is 1. The summed E-state index contributed by atoms with van der Waals surface area (Å²) < 4.78 is 35.4. The minimum absolute atomic E-state index is 0.0450. The van der Waals surface area contributed by atoms with Crippen LogP contribution in [0.3, 0.4) is 0 Å². The van der Waals surface area contributed by atoms with Gasteiger partial charge in [-0.25, -0.2) is 8.42 Å². The van der Waals surface area contributed by atoms with E-state index in [0.29, 0.717) is 5.75 Å². The average Bonchev–Trinajstić information content (AvgIpc) is 2.65. The van der Waals surface area contributed by atoms with Gasteiger partial charge in [0, 0.05) is 0 Å². The molecule has 26 heavy (non-hydrogen) atoms. The fraction of sp³-hybridized carbons (Fsp3) is 0.316. The number of carbonyl (C=O) groups excluding carboxylic acids is 1. The van der Waals surface area contributed by atoms with E-state index < -0.39 is 21.0 Å². The highest BCUT2D eigenvalue weighted by atomic mass is 32.2. The van der Waals surface area contributed by atoms with Crippen LogP contribution in [-0.2, 0) is 9.84 Å². The van der Waals surface area contributed by atoms with Gasteiger partial charge in [0.1, 0.15) is 18.1 Å². The Morgan fingerprint density at radius 3 is 2.27 bits per heavy atom. The van der Waals surface area contributed by atoms with Crippen LogP contribution in [0.5, 0.6) is 11.5 Å². The summed E-state index contributed by atoms with van der Waals surface area (Å²) in [5.41, 5.74) is 0.144. The van der Waals surface area contributed by atoms with Gasteiger partial charge >= 0.3 is 0 Å². The molecule has 140 valence electrons. The van der Waals surface area contributed by atoms with Crippen LogP contribution in [0.1, 0.15) is 24.2 Å². The van der Waals surface area contributed by atoms with Crippen molar-refractivity contribution >= 4 is 15.7 Å². The highest BCUT2D eigenvalue weighted by Crippen LogP contribution is 2.20. The quantitative estimate of drug-likeness (QED) is 0.715. The molecular weight excluding hydrogens is 354 g/mol. The third-order valence-corrected chi connectivity index (χ3v) is 5.98. The first-order chi connectivity index (χ1) is 12.4. The van der Waals surface area contributed by atoms with Gasteiger partial charge in [0.2, 0.25) is 0 Å². The summed E-state index contributed by atoms with van der Waals surface area (Å²) in [7, 11) is -1.95. The second-order valence-electron chi connectivity index (χ2n) is 5.87. The number of sulfone groups is 1. The average molecular weight is 377 g/mol. The van der Waals surface area contributed by atoms with Crippen LogP contribution >= 0.6 is 0 Å². The first-order valence-corrected chi connectivity index (χ1v) is 9.79. The minimum Gasteiger partial charge on any atom is -0.497 e. The molecular formula is C19H23NO5S. The van der Waals surface area contributed by atoms with Crippen molar-refractivity contribution in [3.05, 3.63) is 54.1 Å². The number of hydrogen-bond acceptors (Lipinski definition) is 5. The van der Waals surface area contributed by atoms with Gasteiger partial charge in [-0.1, -0.05) is 12.1 Å². The molecule has 0 heterocycles. The van der Waals surface area contributed by atoms with Crippen LogP contribution in [0.25, 0.3) is 0 Å². The molecule has 0 fully saturated rings. The monoisotopic (exact) mass is 377 g/mol. The number of methoxy groups -OCH3 is 1. The van der Waals surface area contributed by atoms with E-state index in [1.165, 1.54) is 12.1 Å². The topological polar surface area (TPSA) is 81.7 Å². The van der Waals surface area contributed by atoms with E-state index in [2.05, 4.69) is 5.32 Å². The van der Waals surface area contributed by atoms with E-state index in [1.807, 2.05) is 0 Å². The van der Waals surface area contributed by atoms with Crippen LogP contribution < -0.4 is 14.8 Å². The van der Waals surface area contributed by atoms with Crippen molar-refractivity contribution in [1.29, 1.82) is 0 Å². The number of amides is 1. The molecule has 7 heteroatoms. The zero-order valence-electron chi connectivity index (χ0n) is 15.1. The van der Waals surface area contributed by atoms with E-state index in [0.717, 1.165) is 5.75 Å². The molecule has 0 aliphatic rings. The van der Waals surface area contributed by atoms with Crippen molar-refractivity contribution in [3.63, 3.8) is 0 Å². The van der Waals surface area contributed by atoms with Gasteiger partial charge in [-0.2, -0.15) is 0 Å². The fourth-order valence-corrected chi connectivity index (χ4v) is 3.50. The lowest BCUT2D eigenvalue weighted by molar-refractivity contribution is 0.0943. The highest BCUT2D eigenvalue weighted by molar-refractivity contribution is 7.92. The van der Waals surface area contributed by atoms with E-state index in [4.69, 9.17) is 9.47 Å². The molecule has 2 aromatic carbocycles. The second-order valence-corrected chi connectivity index (χ2v) is 8.34. The van der Waals surface area contributed by atoms with Crippen molar-refractivity contribution < 1.29 is 22.7 Å². The Hall–Kier alpha value is -2.54. The summed E-state index contributed by atoms with van der Waals surface area (Å²) >= 11 is 0. The van der Waals surface area contributed by atoms with Gasteiger partial charge in [0.05, 0.1) is 29.4 Å². The van der Waals surface area contributed by atoms with Crippen molar-refractivity contribution in [2.75, 3.05) is 20.3 Å². The molecule has 1 amide bonds. The molecule has 0 atom stereocenters. The van der Waals surface area contributed by atoms with E-state index in [1.54, 1.807) is 57.4 Å². The minimum atomic E-state index is -3.54. The summed E-state index contributed by atoms with van der Waals surface area (Å²) in [6.07, 6.45) is 0. The Labute approximate surface area is 154 Å². The molecule has 0 radical (unpaired) electrons. The van der Waals surface area contributed by atoms with Crippen LogP contribution in [0.15, 0.2) is 53.4 Å². The standard InChI is InChI=1S/C19H23NO5S/c1-14(2)26(22,23)18-7-5-4-6-17(18)19(21)20-12-13-25-16-10-8-15(24-3)9-11-16/h4-11,14H,12-13H2,1-3H3,(H,20,21). The molecule has 0 spiro atoms. The summed E-state index contributed by atoms with van der Waals surface area (Å²) in [5.74, 6) is 0.944. The smallest absolute Gasteiger partial charge is 0.252 e. The Morgan fingerprint density at radius 2 is 1.65 bits per heavy atom. The first-order valence-electron chi connectivity index (χ1n) is 8.24. The third kappa shape index (κ3) is 4.76. The van der Waals surface area contributed by atoms with Gasteiger partial charge in [-0.05, 0) is 50.2 Å². The van der Waals surface area contributed by atoms with Crippen molar-refractivity contribution in [2.45, 2.75) is 24.0 Å². The molecule has 6 nitrogen and oxygen atoms in total. The lowest BCUT2D eigenvalue weighted by Crippen LogP contribution is -2.30. The van der Waals surface area contributed by atoms with Gasteiger partial charge in [-0.15, -0.1) is 0 Å². The molecule has 0 aromatic heterocycles. The van der Waals surface area contributed by atoms with Crippen molar-refractivity contribution in [1.82, 2.24) is 5.32 Å². The van der Waals surface area contributed by atoms with Crippen LogP contribution in [0.4, 0.5) is 0 Å². The normalized spacial score (nSPS) is 11.2. The predicted octanol–water partition coefficient (Wildman–Crippen LogP) is 2.69. The molecule has 2 aromatic rings. The van der Waals surface area contributed by atoms with Crippen LogP contribution in [0, 0.1) is 0 Å². The first kappa shape index (κ1) is 19.8. The summed E-state index contributed by atoms with van der Waals surface area (Å²) in [5, 5.41) is 2.09. The van der Waals surface area contributed by atoms with Crippen LogP contribution in [-0.4, -0.2) is 39.8 Å². The largest absolute Gasteiger partial charge is 0.497 e. The van der Waals surface area contributed by atoms with Crippen molar-refractivity contribution in [3.8, 4) is 11.5 Å². The van der Waals surface area contributed by atoms with Crippen LogP contribution in [0.2, 0.25) is 0 Å². The predicted molar refractivity (Wildman–Crippen MR) is 99.6 cm³/mol. The SMILES string of the molecule is COc1ccc(OCCNC(=O)c2ccccc2S(=O)(=O)C(C)C)cc1. The number of ether oxygens (including phenoxy) is 2. The Morgan fingerprint density at radius 1 is 1.04 bits per heavy atom. The second kappa shape index (κ2) is 8.71. The molecule has 1 N–H and O–H groups in total. The summed E-state index contributed by atoms with van der Waals surface area (Å²) in [6.45, 7) is 3.69. The third-order valence-electron chi connectivity index (χ3n) is 3.77. The van der Waals surface area contributed by atoms with Crippen molar-refractivity contribution in [2.24, 2.45) is 0 Å². The van der Waals surface area contributed by atoms with Gasteiger partial charge in [0.25, 0.3) is 5.91 Å². The molecule has 2 rings (SSSR count). The van der Waals surface area contributed by atoms with E-state index >= 15 is 0 Å². The number of benzene rings is 2. The lowest BCUT2D eigenvalue weighted by Gasteiger charge is -2.13. The maximum atomic E-state index is 12.4. The maximum absolute atomic E-state index is 12.4. The summed E-state index contributed by atoms with van der Waals surface area (Å²) in [4.78, 5) is 12.4. The zero-order valence-corrected chi connectivity index (χ0v) is 15.9. The molecule has 0 bridgehead atoms. The fourth-order valence-electron chi connectivity index (χ4n) is 2.26. The Bertz CT molecular complexity index is 844. The molecule has 0 unspecified atom stereocenters. The van der Waals surface area contributed by atoms with E-state index in [-0.39, 0.29) is 23.6 Å². The summed E-state index contributed by atoms with van der Waals surface area (Å²) in [6, 6.07) is 13.3. The molecule has 0 saturated carbocycles. The number of rotatable bonds is 8. The maximum Gasteiger partial charge on any atom is 0.252 e. The highest BCUT2D eigenvalue weighted by Gasteiger charge is 2.24. The van der Waals surface area contributed by atoms with Gasteiger partial charge < -0.3 is 14.8 Å².